The average molecular weight is 355 g/mol. The molecule has 1 aromatic heterocycles. The van der Waals surface area contributed by atoms with Crippen LogP contribution in [0.4, 0.5) is 0 Å². The van der Waals surface area contributed by atoms with Crippen molar-refractivity contribution in [2.75, 3.05) is 6.54 Å². The first kappa shape index (κ1) is 17.2. The molecule has 4 nitrogen and oxygen atoms in total. The van der Waals surface area contributed by atoms with E-state index in [1.54, 1.807) is 6.20 Å². The lowest BCUT2D eigenvalue weighted by atomic mass is 10.0. The molecular formula is C23H21N3O. The Hall–Kier alpha value is -3.24. The van der Waals surface area contributed by atoms with Crippen molar-refractivity contribution in [3.8, 4) is 0 Å². The Morgan fingerprint density at radius 2 is 1.81 bits per heavy atom. The van der Waals surface area contributed by atoms with Gasteiger partial charge in [-0.2, -0.15) is 0 Å². The van der Waals surface area contributed by atoms with Crippen LogP contribution < -0.4 is 11.1 Å². The summed E-state index contributed by atoms with van der Waals surface area (Å²) in [4.78, 5) is 17.0. The molecule has 0 bridgehead atoms. The molecule has 4 heteroatoms. The molecule has 3 aromatic carbocycles. The molecule has 0 aliphatic heterocycles. The van der Waals surface area contributed by atoms with E-state index in [1.807, 2.05) is 48.5 Å². The van der Waals surface area contributed by atoms with Crippen LogP contribution in [0.1, 0.15) is 17.2 Å². The van der Waals surface area contributed by atoms with Crippen molar-refractivity contribution in [2.24, 2.45) is 5.73 Å². The molecule has 0 aliphatic carbocycles. The number of hydrogen-bond donors (Lipinski definition) is 2. The van der Waals surface area contributed by atoms with E-state index >= 15 is 0 Å². The summed E-state index contributed by atoms with van der Waals surface area (Å²) in [5.74, 6) is -0.0463. The maximum Gasteiger partial charge on any atom is 0.224 e. The SMILES string of the molecule is NCC(NC(=O)Cc1cccc2ncccc12)c1ccc2ccccc2c1. The molecule has 0 saturated carbocycles. The molecule has 1 unspecified atom stereocenters. The number of pyridine rings is 1. The van der Waals surface area contributed by atoms with E-state index < -0.39 is 0 Å². The summed E-state index contributed by atoms with van der Waals surface area (Å²) in [6.07, 6.45) is 2.06. The first-order valence-corrected chi connectivity index (χ1v) is 9.05. The van der Waals surface area contributed by atoms with Crippen LogP contribution in [-0.2, 0) is 11.2 Å². The number of fused-ring (bicyclic) bond motifs is 2. The van der Waals surface area contributed by atoms with Crippen molar-refractivity contribution in [3.05, 3.63) is 90.1 Å². The Balaban J connectivity index is 1.54. The Bertz CT molecular complexity index is 1100. The van der Waals surface area contributed by atoms with Crippen LogP contribution in [0, 0.1) is 0 Å². The molecule has 134 valence electrons. The third-order valence-corrected chi connectivity index (χ3v) is 4.83. The molecule has 0 radical (unpaired) electrons. The molecule has 0 saturated heterocycles. The fourth-order valence-corrected chi connectivity index (χ4v) is 3.44. The van der Waals surface area contributed by atoms with Gasteiger partial charge in [0, 0.05) is 18.1 Å². The second-order valence-corrected chi connectivity index (χ2v) is 6.63. The zero-order valence-corrected chi connectivity index (χ0v) is 14.9. The fraction of sp³-hybridized carbons (Fsp3) is 0.130. The molecule has 0 fully saturated rings. The zero-order valence-electron chi connectivity index (χ0n) is 14.9. The minimum absolute atomic E-state index is 0.0463. The van der Waals surface area contributed by atoms with Crippen LogP contribution >= 0.6 is 0 Å². The average Bonchev–Trinajstić information content (AvgIpc) is 2.72. The smallest absolute Gasteiger partial charge is 0.224 e. The van der Waals surface area contributed by atoms with Crippen molar-refractivity contribution in [3.63, 3.8) is 0 Å². The van der Waals surface area contributed by atoms with E-state index in [4.69, 9.17) is 5.73 Å². The Labute approximate surface area is 158 Å². The van der Waals surface area contributed by atoms with Gasteiger partial charge in [-0.15, -0.1) is 0 Å². The Kier molecular flexibility index (Phi) is 4.81. The number of nitrogens with two attached hydrogens (primary N) is 1. The van der Waals surface area contributed by atoms with E-state index in [-0.39, 0.29) is 11.9 Å². The number of amides is 1. The number of carbonyl (C=O) groups is 1. The number of hydrogen-bond acceptors (Lipinski definition) is 3. The van der Waals surface area contributed by atoms with Crippen molar-refractivity contribution >= 4 is 27.6 Å². The van der Waals surface area contributed by atoms with E-state index in [0.29, 0.717) is 13.0 Å². The summed E-state index contributed by atoms with van der Waals surface area (Å²) in [6, 6.07) is 23.9. The van der Waals surface area contributed by atoms with E-state index in [0.717, 1.165) is 27.4 Å². The molecular weight excluding hydrogens is 334 g/mol. The molecule has 4 rings (SSSR count). The van der Waals surface area contributed by atoms with Crippen LogP contribution in [0.5, 0.6) is 0 Å². The lowest BCUT2D eigenvalue weighted by Gasteiger charge is -2.18. The molecule has 3 N–H and O–H groups in total. The topological polar surface area (TPSA) is 68.0 Å². The minimum atomic E-state index is -0.213. The lowest BCUT2D eigenvalue weighted by Crippen LogP contribution is -2.34. The maximum atomic E-state index is 12.7. The van der Waals surface area contributed by atoms with Crippen LogP contribution in [0.15, 0.2) is 79.0 Å². The van der Waals surface area contributed by atoms with Gasteiger partial charge in [0.2, 0.25) is 5.91 Å². The van der Waals surface area contributed by atoms with Gasteiger partial charge in [-0.1, -0.05) is 54.6 Å². The van der Waals surface area contributed by atoms with Gasteiger partial charge in [-0.05, 0) is 40.1 Å². The van der Waals surface area contributed by atoms with Gasteiger partial charge in [0.25, 0.3) is 0 Å². The van der Waals surface area contributed by atoms with Crippen LogP contribution in [0.25, 0.3) is 21.7 Å². The molecule has 4 aromatic rings. The van der Waals surface area contributed by atoms with Gasteiger partial charge in [0.1, 0.15) is 0 Å². The predicted molar refractivity (Wildman–Crippen MR) is 109 cm³/mol. The predicted octanol–water partition coefficient (Wildman–Crippen LogP) is 3.75. The zero-order chi connectivity index (χ0) is 18.6. The van der Waals surface area contributed by atoms with Crippen LogP contribution in [0.3, 0.4) is 0 Å². The molecule has 0 aliphatic rings. The number of aromatic nitrogens is 1. The Morgan fingerprint density at radius 1 is 0.963 bits per heavy atom. The molecule has 1 heterocycles. The summed E-state index contributed by atoms with van der Waals surface area (Å²) < 4.78 is 0. The molecule has 0 spiro atoms. The number of carbonyl (C=O) groups excluding carboxylic acids is 1. The van der Waals surface area contributed by atoms with Gasteiger partial charge < -0.3 is 11.1 Å². The summed E-state index contributed by atoms with van der Waals surface area (Å²) in [7, 11) is 0. The monoisotopic (exact) mass is 355 g/mol. The van der Waals surface area contributed by atoms with Crippen LogP contribution in [-0.4, -0.2) is 17.4 Å². The number of nitrogens with one attached hydrogen (secondary N) is 1. The van der Waals surface area contributed by atoms with E-state index in [2.05, 4.69) is 34.6 Å². The maximum absolute atomic E-state index is 12.7. The number of nitrogens with zero attached hydrogens (tertiary/aromatic N) is 1. The number of benzene rings is 3. The van der Waals surface area contributed by atoms with Gasteiger partial charge in [0.15, 0.2) is 0 Å². The van der Waals surface area contributed by atoms with Gasteiger partial charge in [0.05, 0.1) is 18.0 Å². The van der Waals surface area contributed by atoms with Gasteiger partial charge >= 0.3 is 0 Å². The fourth-order valence-electron chi connectivity index (χ4n) is 3.44. The van der Waals surface area contributed by atoms with Crippen molar-refractivity contribution in [2.45, 2.75) is 12.5 Å². The number of rotatable bonds is 5. The summed E-state index contributed by atoms with van der Waals surface area (Å²) in [5, 5.41) is 6.40. The third-order valence-electron chi connectivity index (χ3n) is 4.83. The standard InChI is InChI=1S/C23H21N3O/c24-15-22(19-11-10-16-5-1-2-6-17(16)13-19)26-23(27)14-18-7-3-9-21-20(18)8-4-12-25-21/h1-13,22H,14-15,24H2,(H,26,27). The summed E-state index contributed by atoms with van der Waals surface area (Å²) in [5.41, 5.74) is 8.84. The highest BCUT2D eigenvalue weighted by atomic mass is 16.1. The molecule has 1 amide bonds. The normalized spacial score (nSPS) is 12.2. The Morgan fingerprint density at radius 3 is 2.67 bits per heavy atom. The largest absolute Gasteiger partial charge is 0.348 e. The van der Waals surface area contributed by atoms with Crippen molar-refractivity contribution in [1.29, 1.82) is 0 Å². The highest BCUT2D eigenvalue weighted by Crippen LogP contribution is 2.21. The molecule has 27 heavy (non-hydrogen) atoms. The lowest BCUT2D eigenvalue weighted by molar-refractivity contribution is -0.121. The second kappa shape index (κ2) is 7.56. The highest BCUT2D eigenvalue weighted by molar-refractivity contribution is 5.88. The van der Waals surface area contributed by atoms with Gasteiger partial charge in [-0.3, -0.25) is 9.78 Å². The summed E-state index contributed by atoms with van der Waals surface area (Å²) >= 11 is 0. The summed E-state index contributed by atoms with van der Waals surface area (Å²) in [6.45, 7) is 0.348. The molecule has 1 atom stereocenters. The first-order chi connectivity index (χ1) is 13.2. The quantitative estimate of drug-likeness (QED) is 0.573. The minimum Gasteiger partial charge on any atom is -0.348 e. The van der Waals surface area contributed by atoms with Crippen molar-refractivity contribution < 1.29 is 4.79 Å². The van der Waals surface area contributed by atoms with Crippen molar-refractivity contribution in [1.82, 2.24) is 10.3 Å². The third kappa shape index (κ3) is 3.66. The van der Waals surface area contributed by atoms with Crippen LogP contribution in [0.2, 0.25) is 0 Å². The first-order valence-electron chi connectivity index (χ1n) is 9.05. The van der Waals surface area contributed by atoms with E-state index in [1.165, 1.54) is 5.39 Å². The van der Waals surface area contributed by atoms with Gasteiger partial charge in [-0.25, -0.2) is 0 Å². The second-order valence-electron chi connectivity index (χ2n) is 6.63. The highest BCUT2D eigenvalue weighted by Gasteiger charge is 2.15. The van der Waals surface area contributed by atoms with E-state index in [9.17, 15) is 4.79 Å².